The number of amides is 1. The number of carbonyl (C=O) groups is 1. The molecule has 0 spiro atoms. The molecule has 2 aromatic carbocycles. The third-order valence-corrected chi connectivity index (χ3v) is 3.42. The molecule has 0 unspecified atom stereocenters. The van der Waals surface area contributed by atoms with Gasteiger partial charge in [-0.2, -0.15) is 8.78 Å². The van der Waals surface area contributed by atoms with Gasteiger partial charge in [0, 0.05) is 13.6 Å². The predicted octanol–water partition coefficient (Wildman–Crippen LogP) is 3.33. The minimum Gasteiger partial charge on any atom is -0.497 e. The lowest BCUT2D eigenvalue weighted by Crippen LogP contribution is -2.30. The standard InChI is InChI=1S/C18H19F2NO4/c1-21(11-13-3-5-16(6-4-13)25-18(19)20)17(22)12-24-15-9-7-14(23-2)8-10-15/h3-10,18H,11-12H2,1-2H3. The molecule has 134 valence electrons. The van der Waals surface area contributed by atoms with Crippen LogP contribution in [0.4, 0.5) is 8.78 Å². The molecule has 0 aromatic heterocycles. The summed E-state index contributed by atoms with van der Waals surface area (Å²) in [6, 6.07) is 13.1. The second-order valence-electron chi connectivity index (χ2n) is 5.24. The molecule has 2 aromatic rings. The van der Waals surface area contributed by atoms with E-state index in [1.165, 1.54) is 17.0 Å². The quantitative estimate of drug-likeness (QED) is 0.732. The Hall–Kier alpha value is -2.83. The van der Waals surface area contributed by atoms with Gasteiger partial charge in [-0.1, -0.05) is 12.1 Å². The van der Waals surface area contributed by atoms with Crippen LogP contribution in [0, 0.1) is 0 Å². The largest absolute Gasteiger partial charge is 0.497 e. The van der Waals surface area contributed by atoms with E-state index < -0.39 is 6.61 Å². The van der Waals surface area contributed by atoms with Gasteiger partial charge < -0.3 is 19.1 Å². The summed E-state index contributed by atoms with van der Waals surface area (Å²) in [5.74, 6) is 1.14. The molecule has 7 heteroatoms. The molecular formula is C18H19F2NO4. The number of nitrogens with zero attached hydrogens (tertiary/aromatic N) is 1. The summed E-state index contributed by atoms with van der Waals surface area (Å²) in [7, 11) is 3.21. The smallest absolute Gasteiger partial charge is 0.387 e. The maximum absolute atomic E-state index is 12.1. The minimum atomic E-state index is -2.86. The Balaban J connectivity index is 1.82. The van der Waals surface area contributed by atoms with Gasteiger partial charge in [0.25, 0.3) is 5.91 Å². The van der Waals surface area contributed by atoms with Crippen LogP contribution in [0.1, 0.15) is 5.56 Å². The van der Waals surface area contributed by atoms with Crippen LogP contribution in [0.25, 0.3) is 0 Å². The Labute approximate surface area is 144 Å². The number of ether oxygens (including phenoxy) is 3. The molecule has 0 heterocycles. The second-order valence-corrected chi connectivity index (χ2v) is 5.24. The zero-order valence-corrected chi connectivity index (χ0v) is 13.9. The lowest BCUT2D eigenvalue weighted by molar-refractivity contribution is -0.132. The van der Waals surface area contributed by atoms with Crippen LogP contribution in [-0.2, 0) is 11.3 Å². The van der Waals surface area contributed by atoms with Crippen LogP contribution in [-0.4, -0.2) is 38.2 Å². The van der Waals surface area contributed by atoms with E-state index in [2.05, 4.69) is 4.74 Å². The Kier molecular flexibility index (Phi) is 6.56. The molecule has 1 amide bonds. The topological polar surface area (TPSA) is 48.0 Å². The van der Waals surface area contributed by atoms with Crippen LogP contribution in [0.3, 0.4) is 0 Å². The Bertz CT molecular complexity index is 674. The van der Waals surface area contributed by atoms with Crippen molar-refractivity contribution in [2.75, 3.05) is 20.8 Å². The molecule has 25 heavy (non-hydrogen) atoms. The fraction of sp³-hybridized carbons (Fsp3) is 0.278. The van der Waals surface area contributed by atoms with Gasteiger partial charge in [-0.05, 0) is 42.0 Å². The zero-order chi connectivity index (χ0) is 18.2. The number of likely N-dealkylation sites (N-methyl/N-ethyl adjacent to an activating group) is 1. The van der Waals surface area contributed by atoms with E-state index in [1.807, 2.05) is 0 Å². The Morgan fingerprint density at radius 2 is 1.56 bits per heavy atom. The molecule has 0 atom stereocenters. The van der Waals surface area contributed by atoms with E-state index in [1.54, 1.807) is 50.6 Å². The molecule has 0 N–H and O–H groups in total. The van der Waals surface area contributed by atoms with E-state index in [0.717, 1.165) is 5.56 Å². The zero-order valence-electron chi connectivity index (χ0n) is 13.9. The monoisotopic (exact) mass is 351 g/mol. The van der Waals surface area contributed by atoms with E-state index in [4.69, 9.17) is 9.47 Å². The predicted molar refractivity (Wildman–Crippen MR) is 88.0 cm³/mol. The summed E-state index contributed by atoms with van der Waals surface area (Å²) in [5, 5.41) is 0. The van der Waals surface area contributed by atoms with E-state index in [-0.39, 0.29) is 18.3 Å². The van der Waals surface area contributed by atoms with Crippen molar-refractivity contribution >= 4 is 5.91 Å². The summed E-state index contributed by atoms with van der Waals surface area (Å²) in [4.78, 5) is 13.6. The Morgan fingerprint density at radius 1 is 1.00 bits per heavy atom. The van der Waals surface area contributed by atoms with Gasteiger partial charge in [-0.25, -0.2) is 0 Å². The van der Waals surface area contributed by atoms with Crippen molar-refractivity contribution in [1.29, 1.82) is 0 Å². The maximum Gasteiger partial charge on any atom is 0.387 e. The molecular weight excluding hydrogens is 332 g/mol. The van der Waals surface area contributed by atoms with Crippen LogP contribution in [0.15, 0.2) is 48.5 Å². The highest BCUT2D eigenvalue weighted by atomic mass is 19.3. The number of carbonyl (C=O) groups excluding carboxylic acids is 1. The van der Waals surface area contributed by atoms with Crippen molar-refractivity contribution < 1.29 is 27.8 Å². The van der Waals surface area contributed by atoms with Gasteiger partial charge in [0.1, 0.15) is 17.2 Å². The number of alkyl halides is 2. The molecule has 0 saturated carbocycles. The lowest BCUT2D eigenvalue weighted by Gasteiger charge is -2.18. The molecule has 0 radical (unpaired) electrons. The number of methoxy groups -OCH3 is 1. The second kappa shape index (κ2) is 8.86. The van der Waals surface area contributed by atoms with Crippen molar-refractivity contribution in [3.8, 4) is 17.2 Å². The van der Waals surface area contributed by atoms with Crippen LogP contribution in [0.5, 0.6) is 17.2 Å². The van der Waals surface area contributed by atoms with Gasteiger partial charge in [-0.15, -0.1) is 0 Å². The SMILES string of the molecule is COc1ccc(OCC(=O)N(C)Cc2ccc(OC(F)F)cc2)cc1. The number of rotatable bonds is 8. The highest BCUT2D eigenvalue weighted by molar-refractivity contribution is 5.77. The highest BCUT2D eigenvalue weighted by Gasteiger charge is 2.11. The third kappa shape index (κ3) is 5.95. The van der Waals surface area contributed by atoms with Gasteiger partial charge >= 0.3 is 6.61 Å². The fourth-order valence-electron chi connectivity index (χ4n) is 2.07. The molecule has 2 rings (SSSR count). The fourth-order valence-corrected chi connectivity index (χ4v) is 2.07. The first-order valence-corrected chi connectivity index (χ1v) is 7.52. The van der Waals surface area contributed by atoms with Gasteiger partial charge in [0.15, 0.2) is 6.61 Å². The summed E-state index contributed by atoms with van der Waals surface area (Å²) in [6.45, 7) is -2.62. The van der Waals surface area contributed by atoms with Gasteiger partial charge in [0.05, 0.1) is 7.11 Å². The van der Waals surface area contributed by atoms with Crippen molar-refractivity contribution in [3.63, 3.8) is 0 Å². The first kappa shape index (κ1) is 18.5. The first-order chi connectivity index (χ1) is 12.0. The molecule has 5 nitrogen and oxygen atoms in total. The molecule has 0 aliphatic carbocycles. The lowest BCUT2D eigenvalue weighted by atomic mass is 10.2. The number of halogens is 2. The van der Waals surface area contributed by atoms with Gasteiger partial charge in [-0.3, -0.25) is 4.79 Å². The summed E-state index contributed by atoms with van der Waals surface area (Å²) in [6.07, 6.45) is 0. The van der Waals surface area contributed by atoms with Gasteiger partial charge in [0.2, 0.25) is 0 Å². The average molecular weight is 351 g/mol. The van der Waals surface area contributed by atoms with Crippen LogP contribution < -0.4 is 14.2 Å². The van der Waals surface area contributed by atoms with Crippen molar-refractivity contribution in [2.45, 2.75) is 13.2 Å². The molecule has 0 aliphatic rings. The van der Waals surface area contributed by atoms with Crippen molar-refractivity contribution in [1.82, 2.24) is 4.90 Å². The van der Waals surface area contributed by atoms with Crippen LogP contribution >= 0.6 is 0 Å². The first-order valence-electron chi connectivity index (χ1n) is 7.52. The maximum atomic E-state index is 12.1. The Morgan fingerprint density at radius 3 is 2.12 bits per heavy atom. The minimum absolute atomic E-state index is 0.0792. The van der Waals surface area contributed by atoms with Crippen molar-refractivity contribution in [2.24, 2.45) is 0 Å². The summed E-state index contributed by atoms with van der Waals surface area (Å²) >= 11 is 0. The summed E-state index contributed by atoms with van der Waals surface area (Å²) in [5.41, 5.74) is 0.793. The molecule has 0 bridgehead atoms. The molecule has 0 aliphatic heterocycles. The third-order valence-electron chi connectivity index (χ3n) is 3.42. The molecule has 0 saturated heterocycles. The van der Waals surface area contributed by atoms with Crippen molar-refractivity contribution in [3.05, 3.63) is 54.1 Å². The number of hydrogen-bond donors (Lipinski definition) is 0. The van der Waals surface area contributed by atoms with E-state index in [0.29, 0.717) is 18.0 Å². The highest BCUT2D eigenvalue weighted by Crippen LogP contribution is 2.18. The number of benzene rings is 2. The average Bonchev–Trinajstić information content (AvgIpc) is 2.61. The summed E-state index contributed by atoms with van der Waals surface area (Å²) < 4.78 is 39.0. The molecule has 0 fully saturated rings. The van der Waals surface area contributed by atoms with Crippen LogP contribution in [0.2, 0.25) is 0 Å². The number of hydrogen-bond acceptors (Lipinski definition) is 4. The van der Waals surface area contributed by atoms with E-state index >= 15 is 0 Å². The van der Waals surface area contributed by atoms with E-state index in [9.17, 15) is 13.6 Å². The normalized spacial score (nSPS) is 10.4.